The first-order valence-electron chi connectivity index (χ1n) is 9.41. The molecule has 1 aliphatic rings. The number of thiazole rings is 1. The molecule has 5 rings (SSSR count). The Labute approximate surface area is 189 Å². The molecule has 2 aromatic heterocycles. The summed E-state index contributed by atoms with van der Waals surface area (Å²) in [5, 5.41) is 2.68. The van der Waals surface area contributed by atoms with Crippen molar-refractivity contribution in [3.05, 3.63) is 98.3 Å². The number of fused-ring (bicyclic) bond motifs is 2. The zero-order valence-electron chi connectivity index (χ0n) is 16.1. The lowest BCUT2D eigenvalue weighted by Crippen LogP contribution is -2.29. The maximum absolute atomic E-state index is 13.6. The number of benzene rings is 2. The number of rotatable bonds is 5. The van der Waals surface area contributed by atoms with E-state index < -0.39 is 11.9 Å². The van der Waals surface area contributed by atoms with Crippen LogP contribution in [0.2, 0.25) is 0 Å². The molecule has 1 atom stereocenters. The molecule has 0 aliphatic carbocycles. The Balaban J connectivity index is 1.76. The summed E-state index contributed by atoms with van der Waals surface area (Å²) in [7, 11) is 0. The van der Waals surface area contributed by atoms with Crippen LogP contribution in [0, 0.1) is 0 Å². The monoisotopic (exact) mass is 494 g/mol. The van der Waals surface area contributed by atoms with E-state index in [1.54, 1.807) is 35.9 Å². The first kappa shape index (κ1) is 19.7. The van der Waals surface area contributed by atoms with E-state index in [-0.39, 0.29) is 11.2 Å². The van der Waals surface area contributed by atoms with Crippen LogP contribution < -0.4 is 15.1 Å². The van der Waals surface area contributed by atoms with E-state index in [9.17, 15) is 9.59 Å². The van der Waals surface area contributed by atoms with Crippen molar-refractivity contribution < 1.29 is 13.9 Å². The second kappa shape index (κ2) is 7.79. The van der Waals surface area contributed by atoms with Gasteiger partial charge in [0.05, 0.1) is 17.0 Å². The number of aromatic nitrogens is 1. The fourth-order valence-electron chi connectivity index (χ4n) is 3.72. The number of halogens is 1. The van der Waals surface area contributed by atoms with Crippen molar-refractivity contribution in [2.45, 2.75) is 6.04 Å². The maximum atomic E-state index is 13.6. The highest BCUT2D eigenvalue weighted by Gasteiger charge is 2.44. The quantitative estimate of drug-likeness (QED) is 0.350. The van der Waals surface area contributed by atoms with Crippen LogP contribution in [-0.2, 0) is 0 Å². The summed E-state index contributed by atoms with van der Waals surface area (Å²) in [6, 6.07) is 11.8. The number of amides is 1. The molecule has 4 aromatic rings. The second-order valence-corrected chi connectivity index (χ2v) is 8.67. The minimum absolute atomic E-state index is 0.0393. The molecule has 31 heavy (non-hydrogen) atoms. The van der Waals surface area contributed by atoms with E-state index in [2.05, 4.69) is 27.5 Å². The predicted octanol–water partition coefficient (Wildman–Crippen LogP) is 5.33. The highest BCUT2D eigenvalue weighted by molar-refractivity contribution is 9.10. The number of nitrogens with zero attached hydrogens (tertiary/aromatic N) is 2. The summed E-state index contributed by atoms with van der Waals surface area (Å²) in [6.45, 7) is 4.01. The van der Waals surface area contributed by atoms with Gasteiger partial charge >= 0.3 is 0 Å². The average molecular weight is 495 g/mol. The lowest BCUT2D eigenvalue weighted by atomic mass is 9.98. The molecule has 0 saturated heterocycles. The largest absolute Gasteiger partial charge is 0.490 e. The zero-order chi connectivity index (χ0) is 21.5. The van der Waals surface area contributed by atoms with Crippen molar-refractivity contribution in [3.8, 4) is 5.75 Å². The standard InChI is InChI=1S/C23H15BrN2O4S/c1-2-9-29-15-5-3-4-13(11-15)19-18-20(27)16-12-14(24)6-7-17(16)30-21(18)22(28)26(19)23-25-8-10-31-23/h2-8,10-12,19H,1,9H2. The molecule has 1 aliphatic heterocycles. The Hall–Kier alpha value is -3.23. The van der Waals surface area contributed by atoms with E-state index >= 15 is 0 Å². The fourth-order valence-corrected chi connectivity index (χ4v) is 4.75. The topological polar surface area (TPSA) is 72.6 Å². The van der Waals surface area contributed by atoms with Crippen molar-refractivity contribution >= 4 is 49.3 Å². The van der Waals surface area contributed by atoms with Gasteiger partial charge in [0.1, 0.15) is 17.9 Å². The molecule has 2 aromatic carbocycles. The van der Waals surface area contributed by atoms with Gasteiger partial charge in [0, 0.05) is 16.0 Å². The Bertz CT molecular complexity index is 1380. The number of hydrogen-bond donors (Lipinski definition) is 0. The predicted molar refractivity (Wildman–Crippen MR) is 123 cm³/mol. The van der Waals surface area contributed by atoms with Crippen molar-refractivity contribution in [2.24, 2.45) is 0 Å². The smallest absolute Gasteiger partial charge is 0.297 e. The Morgan fingerprint density at radius 3 is 2.90 bits per heavy atom. The molecule has 0 saturated carbocycles. The van der Waals surface area contributed by atoms with E-state index in [1.807, 2.05) is 24.3 Å². The summed E-state index contributed by atoms with van der Waals surface area (Å²) in [6.07, 6.45) is 3.28. The molecule has 0 bridgehead atoms. The number of ether oxygens (including phenoxy) is 1. The molecule has 1 unspecified atom stereocenters. The molecule has 0 spiro atoms. The van der Waals surface area contributed by atoms with Crippen LogP contribution in [0.25, 0.3) is 11.0 Å². The molecule has 0 N–H and O–H groups in total. The van der Waals surface area contributed by atoms with E-state index in [0.29, 0.717) is 34.0 Å². The second-order valence-electron chi connectivity index (χ2n) is 6.88. The van der Waals surface area contributed by atoms with Gasteiger partial charge in [-0.25, -0.2) is 4.98 Å². The van der Waals surface area contributed by atoms with Crippen molar-refractivity contribution in [2.75, 3.05) is 11.5 Å². The lowest BCUT2D eigenvalue weighted by molar-refractivity contribution is 0.0971. The van der Waals surface area contributed by atoms with Crippen LogP contribution in [0.1, 0.15) is 27.7 Å². The van der Waals surface area contributed by atoms with Gasteiger partial charge in [-0.05, 0) is 35.9 Å². The van der Waals surface area contributed by atoms with Gasteiger partial charge in [0.15, 0.2) is 10.6 Å². The third kappa shape index (κ3) is 3.28. The van der Waals surface area contributed by atoms with Gasteiger partial charge in [-0.3, -0.25) is 14.5 Å². The molecular formula is C23H15BrN2O4S. The van der Waals surface area contributed by atoms with Crippen molar-refractivity contribution in [1.29, 1.82) is 0 Å². The zero-order valence-corrected chi connectivity index (χ0v) is 18.5. The van der Waals surface area contributed by atoms with Crippen LogP contribution >= 0.6 is 27.3 Å². The van der Waals surface area contributed by atoms with Crippen LogP contribution in [-0.4, -0.2) is 17.5 Å². The molecule has 154 valence electrons. The highest BCUT2D eigenvalue weighted by atomic mass is 79.9. The number of anilines is 1. The molecule has 6 nitrogen and oxygen atoms in total. The molecule has 0 fully saturated rings. The van der Waals surface area contributed by atoms with Crippen LogP contribution in [0.4, 0.5) is 5.13 Å². The van der Waals surface area contributed by atoms with Gasteiger partial charge in [0.25, 0.3) is 5.91 Å². The van der Waals surface area contributed by atoms with Crippen molar-refractivity contribution in [1.82, 2.24) is 4.98 Å². The summed E-state index contributed by atoms with van der Waals surface area (Å²) < 4.78 is 12.4. The summed E-state index contributed by atoms with van der Waals surface area (Å²) >= 11 is 4.73. The molecular weight excluding hydrogens is 480 g/mol. The third-order valence-corrected chi connectivity index (χ3v) is 6.26. The minimum Gasteiger partial charge on any atom is -0.490 e. The van der Waals surface area contributed by atoms with E-state index in [0.717, 1.165) is 10.0 Å². The van der Waals surface area contributed by atoms with E-state index in [4.69, 9.17) is 9.15 Å². The minimum atomic E-state index is -0.680. The van der Waals surface area contributed by atoms with Gasteiger partial charge in [0.2, 0.25) is 5.76 Å². The fraction of sp³-hybridized carbons (Fsp3) is 0.0870. The van der Waals surface area contributed by atoms with Crippen LogP contribution in [0.3, 0.4) is 0 Å². The number of carbonyl (C=O) groups excluding carboxylic acids is 1. The Morgan fingerprint density at radius 2 is 2.13 bits per heavy atom. The molecule has 0 radical (unpaired) electrons. The summed E-state index contributed by atoms with van der Waals surface area (Å²) in [4.78, 5) is 32.8. The number of carbonyl (C=O) groups is 1. The molecule has 3 heterocycles. The first-order chi connectivity index (χ1) is 15.1. The number of hydrogen-bond acceptors (Lipinski definition) is 6. The normalized spacial score (nSPS) is 15.3. The van der Waals surface area contributed by atoms with Gasteiger partial charge in [-0.15, -0.1) is 11.3 Å². The first-order valence-corrected chi connectivity index (χ1v) is 11.1. The maximum Gasteiger partial charge on any atom is 0.297 e. The average Bonchev–Trinajstić information content (AvgIpc) is 3.40. The molecule has 8 heteroatoms. The highest BCUT2D eigenvalue weighted by Crippen LogP contribution is 2.42. The van der Waals surface area contributed by atoms with Gasteiger partial charge in [-0.2, -0.15) is 0 Å². The summed E-state index contributed by atoms with van der Waals surface area (Å²) in [5.41, 5.74) is 1.15. The third-order valence-electron chi connectivity index (χ3n) is 5.00. The Kier molecular flexibility index (Phi) is 4.95. The lowest BCUT2D eigenvalue weighted by Gasteiger charge is -2.23. The summed E-state index contributed by atoms with van der Waals surface area (Å²) in [5.74, 6) is 0.261. The van der Waals surface area contributed by atoms with Gasteiger partial charge in [-0.1, -0.05) is 40.7 Å². The Morgan fingerprint density at radius 1 is 1.26 bits per heavy atom. The van der Waals surface area contributed by atoms with E-state index in [1.165, 1.54) is 16.2 Å². The SMILES string of the molecule is C=CCOc1cccc(C2c3c(oc4ccc(Br)cc4c3=O)C(=O)N2c2nccs2)c1. The molecule has 1 amide bonds. The van der Waals surface area contributed by atoms with Gasteiger partial charge < -0.3 is 9.15 Å². The van der Waals surface area contributed by atoms with Crippen LogP contribution in [0.5, 0.6) is 5.75 Å². The van der Waals surface area contributed by atoms with Crippen LogP contribution in [0.15, 0.2) is 80.4 Å². The van der Waals surface area contributed by atoms with Crippen molar-refractivity contribution in [3.63, 3.8) is 0 Å².